The monoisotopic (exact) mass is 365 g/mol. The van der Waals surface area contributed by atoms with Crippen molar-refractivity contribution in [3.8, 4) is 0 Å². The molecule has 2 amide bonds. The third-order valence-corrected chi connectivity index (χ3v) is 3.83. The van der Waals surface area contributed by atoms with Gasteiger partial charge in [-0.3, -0.25) is 14.3 Å². The number of carbonyl (C=O) groups is 2. The highest BCUT2D eigenvalue weighted by Crippen LogP contribution is 2.18. The molecule has 0 unspecified atom stereocenters. The molecule has 0 saturated carbocycles. The fourth-order valence-corrected chi connectivity index (χ4v) is 2.67. The van der Waals surface area contributed by atoms with Crippen molar-refractivity contribution in [1.29, 1.82) is 0 Å². The van der Waals surface area contributed by atoms with Crippen molar-refractivity contribution >= 4 is 27.5 Å². The Morgan fingerprint density at radius 2 is 1.96 bits per heavy atom. The van der Waals surface area contributed by atoms with Crippen LogP contribution in [0.3, 0.4) is 0 Å². The summed E-state index contributed by atoms with van der Waals surface area (Å²) in [5.74, 6) is -0.735. The summed E-state index contributed by atoms with van der Waals surface area (Å²) in [4.78, 5) is 23.6. The second kappa shape index (κ2) is 7.84. The van der Waals surface area contributed by atoms with Crippen LogP contribution in [0, 0.1) is 0 Å². The Hall–Kier alpha value is -2.81. The SMILES string of the molecule is C[C@@H](NC(=O)CNC(=O)c1ccco1)c1cccc(NS(C)(=O)=O)c1. The first kappa shape index (κ1) is 18.5. The van der Waals surface area contributed by atoms with E-state index in [1.165, 1.54) is 12.3 Å². The van der Waals surface area contributed by atoms with Gasteiger partial charge < -0.3 is 15.1 Å². The van der Waals surface area contributed by atoms with Crippen molar-refractivity contribution in [1.82, 2.24) is 10.6 Å². The lowest BCUT2D eigenvalue weighted by Crippen LogP contribution is -2.37. The van der Waals surface area contributed by atoms with Crippen LogP contribution in [0.4, 0.5) is 5.69 Å². The molecule has 0 spiro atoms. The van der Waals surface area contributed by atoms with Crippen LogP contribution in [0.2, 0.25) is 0 Å². The first-order valence-electron chi connectivity index (χ1n) is 7.43. The summed E-state index contributed by atoms with van der Waals surface area (Å²) in [6.45, 7) is 1.55. The molecule has 0 aliphatic rings. The maximum Gasteiger partial charge on any atom is 0.287 e. The first-order chi connectivity index (χ1) is 11.7. The van der Waals surface area contributed by atoms with Crippen LogP contribution in [0.15, 0.2) is 47.1 Å². The quantitative estimate of drug-likeness (QED) is 0.683. The first-order valence-corrected chi connectivity index (χ1v) is 9.32. The summed E-state index contributed by atoms with van der Waals surface area (Å²) in [6.07, 6.45) is 2.43. The Labute approximate surface area is 145 Å². The van der Waals surface area contributed by atoms with E-state index in [0.29, 0.717) is 5.69 Å². The van der Waals surface area contributed by atoms with Crippen LogP contribution in [-0.2, 0) is 14.8 Å². The topological polar surface area (TPSA) is 118 Å². The molecule has 9 heteroatoms. The molecule has 2 aromatic rings. The number of sulfonamides is 1. The predicted molar refractivity (Wildman–Crippen MR) is 92.5 cm³/mol. The largest absolute Gasteiger partial charge is 0.459 e. The second-order valence-electron chi connectivity index (χ2n) is 5.45. The number of amides is 2. The van der Waals surface area contributed by atoms with Gasteiger partial charge >= 0.3 is 0 Å². The van der Waals surface area contributed by atoms with Crippen molar-refractivity contribution < 1.29 is 22.4 Å². The average molecular weight is 365 g/mol. The molecular formula is C16H19N3O5S. The van der Waals surface area contributed by atoms with Gasteiger partial charge in [-0.25, -0.2) is 8.42 Å². The van der Waals surface area contributed by atoms with E-state index in [9.17, 15) is 18.0 Å². The molecule has 25 heavy (non-hydrogen) atoms. The van der Waals surface area contributed by atoms with Gasteiger partial charge in [0.15, 0.2) is 5.76 Å². The van der Waals surface area contributed by atoms with Crippen LogP contribution in [0.5, 0.6) is 0 Å². The molecule has 2 rings (SSSR count). The molecular weight excluding hydrogens is 346 g/mol. The Morgan fingerprint density at radius 3 is 2.60 bits per heavy atom. The molecule has 1 atom stereocenters. The molecule has 0 radical (unpaired) electrons. The van der Waals surface area contributed by atoms with Gasteiger partial charge in [0, 0.05) is 5.69 Å². The van der Waals surface area contributed by atoms with Crippen LogP contribution in [0.1, 0.15) is 29.1 Å². The van der Waals surface area contributed by atoms with E-state index in [1.807, 2.05) is 0 Å². The van der Waals surface area contributed by atoms with Gasteiger partial charge in [-0.05, 0) is 36.8 Å². The van der Waals surface area contributed by atoms with Gasteiger partial charge in [0.25, 0.3) is 5.91 Å². The normalized spacial score (nSPS) is 12.2. The summed E-state index contributed by atoms with van der Waals surface area (Å²) in [7, 11) is -3.38. The molecule has 1 heterocycles. The minimum atomic E-state index is -3.38. The third kappa shape index (κ3) is 5.96. The van der Waals surface area contributed by atoms with E-state index in [4.69, 9.17) is 4.42 Å². The summed E-state index contributed by atoms with van der Waals surface area (Å²) in [6, 6.07) is 9.40. The van der Waals surface area contributed by atoms with Crippen molar-refractivity contribution in [2.75, 3.05) is 17.5 Å². The summed E-state index contributed by atoms with van der Waals surface area (Å²) in [5.41, 5.74) is 1.13. The number of anilines is 1. The number of carbonyl (C=O) groups excluding carboxylic acids is 2. The molecule has 0 saturated heterocycles. The molecule has 0 fully saturated rings. The van der Waals surface area contributed by atoms with E-state index >= 15 is 0 Å². The lowest BCUT2D eigenvalue weighted by Gasteiger charge is -2.16. The van der Waals surface area contributed by atoms with Crippen molar-refractivity contribution in [2.24, 2.45) is 0 Å². The number of hydrogen-bond donors (Lipinski definition) is 3. The Morgan fingerprint density at radius 1 is 1.20 bits per heavy atom. The standard InChI is InChI=1S/C16H19N3O5S/c1-11(12-5-3-6-13(9-12)19-25(2,22)23)18-15(20)10-17-16(21)14-7-4-8-24-14/h3-9,11,19H,10H2,1-2H3,(H,17,21)(H,18,20)/t11-/m1/s1. The highest BCUT2D eigenvalue weighted by Gasteiger charge is 2.13. The molecule has 1 aromatic carbocycles. The van der Waals surface area contributed by atoms with Crippen molar-refractivity contribution in [3.63, 3.8) is 0 Å². The maximum atomic E-state index is 11.9. The molecule has 0 bridgehead atoms. The zero-order valence-electron chi connectivity index (χ0n) is 13.8. The Kier molecular flexibility index (Phi) is 5.81. The molecule has 1 aromatic heterocycles. The molecule has 0 aliphatic heterocycles. The van der Waals surface area contributed by atoms with Gasteiger partial charge in [0.2, 0.25) is 15.9 Å². The fraction of sp³-hybridized carbons (Fsp3) is 0.250. The van der Waals surface area contributed by atoms with Gasteiger partial charge in [-0.2, -0.15) is 0 Å². The third-order valence-electron chi connectivity index (χ3n) is 3.22. The molecule has 0 aliphatic carbocycles. The van der Waals surface area contributed by atoms with Gasteiger partial charge in [-0.15, -0.1) is 0 Å². The average Bonchev–Trinajstić information content (AvgIpc) is 3.05. The van der Waals surface area contributed by atoms with E-state index < -0.39 is 15.9 Å². The zero-order chi connectivity index (χ0) is 18.4. The molecule has 3 N–H and O–H groups in total. The van der Waals surface area contributed by atoms with E-state index in [0.717, 1.165) is 11.8 Å². The van der Waals surface area contributed by atoms with Crippen LogP contribution in [0.25, 0.3) is 0 Å². The smallest absolute Gasteiger partial charge is 0.287 e. The van der Waals surface area contributed by atoms with Crippen molar-refractivity contribution in [2.45, 2.75) is 13.0 Å². The summed E-state index contributed by atoms with van der Waals surface area (Å²) >= 11 is 0. The van der Waals surface area contributed by atoms with Crippen LogP contribution >= 0.6 is 0 Å². The van der Waals surface area contributed by atoms with E-state index in [-0.39, 0.29) is 24.3 Å². The molecule has 8 nitrogen and oxygen atoms in total. The highest BCUT2D eigenvalue weighted by molar-refractivity contribution is 7.92. The lowest BCUT2D eigenvalue weighted by molar-refractivity contribution is -0.120. The van der Waals surface area contributed by atoms with Crippen LogP contribution in [-0.4, -0.2) is 33.0 Å². The number of furan rings is 1. The van der Waals surface area contributed by atoms with E-state index in [2.05, 4.69) is 15.4 Å². The minimum Gasteiger partial charge on any atom is -0.459 e. The Balaban J connectivity index is 1.90. The van der Waals surface area contributed by atoms with Gasteiger partial charge in [0.05, 0.1) is 25.1 Å². The lowest BCUT2D eigenvalue weighted by atomic mass is 10.1. The van der Waals surface area contributed by atoms with E-state index in [1.54, 1.807) is 37.3 Å². The maximum absolute atomic E-state index is 11.9. The number of hydrogen-bond acceptors (Lipinski definition) is 5. The molecule has 134 valence electrons. The number of rotatable bonds is 7. The number of benzene rings is 1. The van der Waals surface area contributed by atoms with Crippen LogP contribution < -0.4 is 15.4 Å². The van der Waals surface area contributed by atoms with Gasteiger partial charge in [0.1, 0.15) is 0 Å². The number of nitrogens with one attached hydrogen (secondary N) is 3. The predicted octanol–water partition coefficient (Wildman–Crippen LogP) is 1.26. The summed E-state index contributed by atoms with van der Waals surface area (Å²) in [5, 5.41) is 5.17. The van der Waals surface area contributed by atoms with Crippen molar-refractivity contribution in [3.05, 3.63) is 54.0 Å². The Bertz CT molecular complexity index is 846. The van der Waals surface area contributed by atoms with Gasteiger partial charge in [-0.1, -0.05) is 12.1 Å². The minimum absolute atomic E-state index is 0.125. The summed E-state index contributed by atoms with van der Waals surface area (Å²) < 4.78 is 29.9. The fourth-order valence-electron chi connectivity index (χ4n) is 2.12. The zero-order valence-corrected chi connectivity index (χ0v) is 14.6. The second-order valence-corrected chi connectivity index (χ2v) is 7.20. The highest BCUT2D eigenvalue weighted by atomic mass is 32.2.